The number of hydrogen-bond acceptors (Lipinski definition) is 7. The highest BCUT2D eigenvalue weighted by atomic mass is 16.6. The Morgan fingerprint density at radius 2 is 1.81 bits per heavy atom. The van der Waals surface area contributed by atoms with Gasteiger partial charge in [0.15, 0.2) is 11.3 Å². The third-order valence-corrected chi connectivity index (χ3v) is 7.53. The average Bonchev–Trinajstić information content (AvgIpc) is 3.31. The molecule has 9 nitrogen and oxygen atoms in total. The van der Waals surface area contributed by atoms with Crippen molar-refractivity contribution in [3.05, 3.63) is 83.7 Å². The van der Waals surface area contributed by atoms with Gasteiger partial charge >= 0.3 is 6.09 Å². The molecule has 1 saturated carbocycles. The average molecular weight is 561 g/mol. The number of rotatable bonds is 4. The number of benzene rings is 2. The van der Waals surface area contributed by atoms with Crippen LogP contribution in [0.5, 0.6) is 0 Å². The van der Waals surface area contributed by atoms with E-state index in [0.717, 1.165) is 33.3 Å². The molecular formula is C33H32N6O3. The number of nitriles is 1. The van der Waals surface area contributed by atoms with Crippen molar-refractivity contribution in [1.82, 2.24) is 24.9 Å². The minimum Gasteiger partial charge on any atom is -0.444 e. The Bertz CT molecular complexity index is 1890. The van der Waals surface area contributed by atoms with Crippen LogP contribution in [0.25, 0.3) is 39.1 Å². The molecule has 0 spiro atoms. The molecule has 1 aliphatic rings. The maximum absolute atomic E-state index is 12.8. The Hall–Kier alpha value is -4.81. The van der Waals surface area contributed by atoms with E-state index in [0.29, 0.717) is 35.4 Å². The van der Waals surface area contributed by atoms with Crippen LogP contribution in [-0.2, 0) is 10.3 Å². The molecule has 6 rings (SSSR count). The summed E-state index contributed by atoms with van der Waals surface area (Å²) in [6.07, 6.45) is 1.97. The van der Waals surface area contributed by atoms with Gasteiger partial charge in [-0.15, -0.1) is 0 Å². The van der Waals surface area contributed by atoms with E-state index in [1.54, 1.807) is 23.7 Å². The summed E-state index contributed by atoms with van der Waals surface area (Å²) in [7, 11) is 0. The fourth-order valence-electron chi connectivity index (χ4n) is 5.95. The predicted octanol–water partition coefficient (Wildman–Crippen LogP) is 6.06. The van der Waals surface area contributed by atoms with E-state index in [1.165, 1.54) is 0 Å². The molecule has 1 aliphatic carbocycles. The first-order chi connectivity index (χ1) is 19.9. The molecule has 0 atom stereocenters. The van der Waals surface area contributed by atoms with E-state index in [2.05, 4.69) is 21.5 Å². The zero-order valence-electron chi connectivity index (χ0n) is 24.3. The fraction of sp³-hybridized carbons (Fsp3) is 0.303. The summed E-state index contributed by atoms with van der Waals surface area (Å²) in [5.41, 5.74) is 4.36. The molecule has 0 aliphatic heterocycles. The maximum Gasteiger partial charge on any atom is 0.408 e. The van der Waals surface area contributed by atoms with Gasteiger partial charge in [0.2, 0.25) is 0 Å². The van der Waals surface area contributed by atoms with Gasteiger partial charge in [-0.25, -0.2) is 14.8 Å². The van der Waals surface area contributed by atoms with Gasteiger partial charge in [0.1, 0.15) is 5.60 Å². The highest BCUT2D eigenvalue weighted by Gasteiger charge is 2.53. The monoisotopic (exact) mass is 560 g/mol. The second kappa shape index (κ2) is 9.64. The van der Waals surface area contributed by atoms with Gasteiger partial charge in [0, 0.05) is 47.2 Å². The Balaban J connectivity index is 1.48. The number of aryl methyl sites for hydroxylation is 1. The van der Waals surface area contributed by atoms with Crippen LogP contribution in [-0.4, -0.2) is 42.0 Å². The maximum atomic E-state index is 12.8. The number of carbonyl (C=O) groups is 1. The summed E-state index contributed by atoms with van der Waals surface area (Å²) in [6, 6.07) is 21.5. The number of fused-ring (bicyclic) bond motifs is 3. The number of nitrogens with one attached hydrogen (secondary N) is 1. The van der Waals surface area contributed by atoms with Crippen LogP contribution in [0.1, 0.15) is 57.4 Å². The molecule has 42 heavy (non-hydrogen) atoms. The van der Waals surface area contributed by atoms with Crippen molar-refractivity contribution in [2.75, 3.05) is 0 Å². The van der Waals surface area contributed by atoms with Gasteiger partial charge in [0.25, 0.3) is 0 Å². The van der Waals surface area contributed by atoms with Gasteiger partial charge in [0.05, 0.1) is 34.2 Å². The Kier molecular flexibility index (Phi) is 6.28. The summed E-state index contributed by atoms with van der Waals surface area (Å²) in [6.45, 7) is 9.13. The minimum atomic E-state index is -0.900. The molecule has 2 aromatic carbocycles. The van der Waals surface area contributed by atoms with E-state index in [4.69, 9.17) is 9.72 Å². The smallest absolute Gasteiger partial charge is 0.408 e. The van der Waals surface area contributed by atoms with Crippen molar-refractivity contribution < 1.29 is 14.6 Å². The van der Waals surface area contributed by atoms with E-state index in [1.807, 2.05) is 82.3 Å². The van der Waals surface area contributed by atoms with Crippen LogP contribution in [0.2, 0.25) is 0 Å². The van der Waals surface area contributed by atoms with Crippen LogP contribution < -0.4 is 5.32 Å². The zero-order chi connectivity index (χ0) is 29.9. The third-order valence-electron chi connectivity index (χ3n) is 7.53. The molecule has 9 heteroatoms. The number of carbonyl (C=O) groups excluding carboxylic acids is 1. The molecular weight excluding hydrogens is 528 g/mol. The number of alkyl carbamates (subject to hydrolysis) is 1. The Morgan fingerprint density at radius 3 is 2.48 bits per heavy atom. The molecule has 0 radical (unpaired) electrons. The summed E-state index contributed by atoms with van der Waals surface area (Å²) >= 11 is 0. The molecule has 3 aromatic heterocycles. The number of hydrogen-bond donors (Lipinski definition) is 2. The van der Waals surface area contributed by atoms with Crippen molar-refractivity contribution in [2.24, 2.45) is 0 Å². The number of pyridine rings is 1. The van der Waals surface area contributed by atoms with Crippen LogP contribution in [0.4, 0.5) is 4.79 Å². The first-order valence-corrected chi connectivity index (χ1v) is 13.9. The van der Waals surface area contributed by atoms with Gasteiger partial charge in [-0.2, -0.15) is 14.9 Å². The van der Waals surface area contributed by atoms with E-state index < -0.39 is 22.8 Å². The lowest BCUT2D eigenvalue weighted by molar-refractivity contribution is -0.0892. The summed E-state index contributed by atoms with van der Waals surface area (Å²) in [4.78, 5) is 22.4. The number of amides is 1. The summed E-state index contributed by atoms with van der Waals surface area (Å²) in [5, 5.41) is 29.0. The van der Waals surface area contributed by atoms with Crippen molar-refractivity contribution in [1.29, 1.82) is 5.26 Å². The second-order valence-corrected chi connectivity index (χ2v) is 12.4. The van der Waals surface area contributed by atoms with E-state index in [9.17, 15) is 15.2 Å². The number of ether oxygens (including phenoxy) is 1. The lowest BCUT2D eigenvalue weighted by atomic mass is 9.62. The fourth-order valence-corrected chi connectivity index (χ4v) is 5.95. The van der Waals surface area contributed by atoms with Gasteiger partial charge in [-0.05, 0) is 52.3 Å². The normalized spacial score (nSPS) is 20.2. The summed E-state index contributed by atoms with van der Waals surface area (Å²) < 4.78 is 7.27. The van der Waals surface area contributed by atoms with Crippen molar-refractivity contribution in [3.8, 4) is 28.5 Å². The van der Waals surface area contributed by atoms with Crippen molar-refractivity contribution in [3.63, 3.8) is 0 Å². The molecule has 212 valence electrons. The second-order valence-electron chi connectivity index (χ2n) is 12.4. The highest BCUT2D eigenvalue weighted by molar-refractivity contribution is 5.92. The van der Waals surface area contributed by atoms with Crippen LogP contribution in [0.15, 0.2) is 66.9 Å². The van der Waals surface area contributed by atoms with E-state index in [-0.39, 0.29) is 0 Å². The number of nitrogens with zero attached hydrogens (tertiary/aromatic N) is 5. The number of aliphatic hydroxyl groups is 1. The molecule has 1 fully saturated rings. The molecule has 0 saturated heterocycles. The number of aromatic nitrogens is 4. The van der Waals surface area contributed by atoms with Crippen molar-refractivity contribution in [2.45, 2.75) is 64.2 Å². The molecule has 0 bridgehead atoms. The molecule has 0 unspecified atom stereocenters. The van der Waals surface area contributed by atoms with Gasteiger partial charge in [-0.1, -0.05) is 42.5 Å². The molecule has 3 heterocycles. The van der Waals surface area contributed by atoms with Gasteiger partial charge < -0.3 is 15.2 Å². The SMILES string of the molecule is Cc1cc2ncc3cc(-c4ccccc4C#N)c(-c4ccc([C@]5(NC(=O)OC(C)(C)C)C[C@](C)(O)C5)cc4)nc3n2n1. The quantitative estimate of drug-likeness (QED) is 0.274. The first kappa shape index (κ1) is 27.4. The van der Waals surface area contributed by atoms with Crippen LogP contribution >= 0.6 is 0 Å². The predicted molar refractivity (Wildman–Crippen MR) is 160 cm³/mol. The zero-order valence-corrected chi connectivity index (χ0v) is 24.3. The van der Waals surface area contributed by atoms with E-state index >= 15 is 0 Å². The Labute approximate surface area is 243 Å². The highest BCUT2D eigenvalue weighted by Crippen LogP contribution is 2.49. The third kappa shape index (κ3) is 4.95. The lowest BCUT2D eigenvalue weighted by Gasteiger charge is -2.52. The first-order valence-electron chi connectivity index (χ1n) is 13.9. The molecule has 5 aromatic rings. The van der Waals surface area contributed by atoms with Crippen molar-refractivity contribution >= 4 is 22.8 Å². The summed E-state index contributed by atoms with van der Waals surface area (Å²) in [5.74, 6) is 0. The minimum absolute atomic E-state index is 0.358. The molecule has 2 N–H and O–H groups in total. The van der Waals surface area contributed by atoms with Crippen LogP contribution in [0, 0.1) is 18.3 Å². The molecule has 1 amide bonds. The Morgan fingerprint density at radius 1 is 1.10 bits per heavy atom. The van der Waals surface area contributed by atoms with Crippen LogP contribution in [0.3, 0.4) is 0 Å². The largest absolute Gasteiger partial charge is 0.444 e. The van der Waals surface area contributed by atoms with Gasteiger partial charge in [-0.3, -0.25) is 0 Å². The standard InChI is InChI=1S/C33H32N6O3/c1-20-14-27-35-17-23-15-26(25-9-7-6-8-22(25)16-34)28(36-29(23)39(27)38-20)21-10-12-24(13-11-21)33(18-32(5,41)19-33)37-30(40)42-31(2,3)4/h6-15,17,41H,18-19H2,1-5H3,(H,37,40)/t32-,33-. The topological polar surface area (TPSA) is 125 Å². The lowest BCUT2D eigenvalue weighted by Crippen LogP contribution is -2.62.